The number of nitrogens with zero attached hydrogens (tertiary/aromatic N) is 1. The van der Waals surface area contributed by atoms with Crippen molar-refractivity contribution in [3.63, 3.8) is 0 Å². The van der Waals surface area contributed by atoms with Crippen LogP contribution in [0.15, 0.2) is 0 Å². The fourth-order valence-corrected chi connectivity index (χ4v) is 5.63. The van der Waals surface area contributed by atoms with Crippen molar-refractivity contribution in [1.29, 1.82) is 0 Å². The molecule has 37 heavy (non-hydrogen) atoms. The van der Waals surface area contributed by atoms with Crippen molar-refractivity contribution in [2.45, 2.75) is 207 Å². The van der Waals surface area contributed by atoms with Gasteiger partial charge in [-0.3, -0.25) is 4.90 Å². The summed E-state index contributed by atoms with van der Waals surface area (Å²) in [7, 11) is 0. The van der Waals surface area contributed by atoms with E-state index in [0.29, 0.717) is 6.17 Å². The Hall–Kier alpha value is -0.0800. The summed E-state index contributed by atoms with van der Waals surface area (Å²) in [5, 5.41) is 3.89. The molecule has 2 nitrogen and oxygen atoms in total. The minimum absolute atomic E-state index is 0.539. The van der Waals surface area contributed by atoms with Gasteiger partial charge in [0.05, 0.1) is 6.17 Å². The summed E-state index contributed by atoms with van der Waals surface area (Å²) in [5.41, 5.74) is 0. The van der Waals surface area contributed by atoms with Crippen LogP contribution >= 0.6 is 0 Å². The van der Waals surface area contributed by atoms with Gasteiger partial charge in [0.25, 0.3) is 0 Å². The van der Waals surface area contributed by atoms with Crippen LogP contribution in [0.25, 0.3) is 0 Å². The number of unbranched alkanes of at least 4 members (excludes halogenated alkanes) is 24. The van der Waals surface area contributed by atoms with E-state index in [9.17, 15) is 0 Å². The first kappa shape index (κ1) is 36.9. The van der Waals surface area contributed by atoms with Crippen molar-refractivity contribution < 1.29 is 0 Å². The van der Waals surface area contributed by atoms with Crippen molar-refractivity contribution in [1.82, 2.24) is 10.2 Å². The Labute approximate surface area is 236 Å². The summed E-state index contributed by atoms with van der Waals surface area (Å²) in [6.07, 6.45) is 39.0. The van der Waals surface area contributed by atoms with Crippen molar-refractivity contribution in [2.24, 2.45) is 0 Å². The Kier molecular flexibility index (Phi) is 32.1. The van der Waals surface area contributed by atoms with Gasteiger partial charge in [0.2, 0.25) is 0 Å². The van der Waals surface area contributed by atoms with Gasteiger partial charge in [-0.25, -0.2) is 0 Å². The molecular weight excluding hydrogens is 448 g/mol. The molecule has 0 heterocycles. The Balaban J connectivity index is 3.98. The fraction of sp³-hybridized carbons (Fsp3) is 1.00. The van der Waals surface area contributed by atoms with Gasteiger partial charge in [-0.1, -0.05) is 175 Å². The van der Waals surface area contributed by atoms with E-state index in [2.05, 4.69) is 37.9 Å². The number of rotatable bonds is 32. The molecule has 1 atom stereocenters. The summed E-state index contributed by atoms with van der Waals surface area (Å²) in [5.74, 6) is 0. The predicted octanol–water partition coefficient (Wildman–Crippen LogP) is 11.8. The van der Waals surface area contributed by atoms with E-state index >= 15 is 0 Å². The van der Waals surface area contributed by atoms with Crippen LogP contribution in [0.5, 0.6) is 0 Å². The molecule has 1 N–H and O–H groups in total. The molecule has 0 saturated carbocycles. The smallest absolute Gasteiger partial charge is 0.0567 e. The molecule has 0 amide bonds. The van der Waals surface area contributed by atoms with Crippen molar-refractivity contribution in [2.75, 3.05) is 19.6 Å². The highest BCUT2D eigenvalue weighted by Gasteiger charge is 2.12. The van der Waals surface area contributed by atoms with Crippen LogP contribution in [-0.2, 0) is 0 Å². The van der Waals surface area contributed by atoms with Gasteiger partial charge in [0.1, 0.15) is 0 Å². The molecule has 0 aliphatic rings. The van der Waals surface area contributed by atoms with Crippen LogP contribution in [0.4, 0.5) is 0 Å². The molecule has 0 aromatic rings. The predicted molar refractivity (Wildman–Crippen MR) is 171 cm³/mol. The third-order valence-electron chi connectivity index (χ3n) is 8.37. The van der Waals surface area contributed by atoms with Crippen LogP contribution in [0.1, 0.15) is 201 Å². The normalized spacial score (nSPS) is 12.6. The molecular formula is C35H74N2. The van der Waals surface area contributed by atoms with Gasteiger partial charge in [-0.2, -0.15) is 0 Å². The highest BCUT2D eigenvalue weighted by Crippen LogP contribution is 2.13. The molecule has 0 aliphatic carbocycles. The molecule has 224 valence electrons. The maximum atomic E-state index is 3.89. The summed E-state index contributed by atoms with van der Waals surface area (Å²) in [4.78, 5) is 2.77. The van der Waals surface area contributed by atoms with E-state index < -0.39 is 0 Å². The highest BCUT2D eigenvalue weighted by atomic mass is 15.3. The van der Waals surface area contributed by atoms with E-state index in [1.54, 1.807) is 0 Å². The van der Waals surface area contributed by atoms with Gasteiger partial charge in [-0.15, -0.1) is 0 Å². The van der Waals surface area contributed by atoms with Gasteiger partial charge < -0.3 is 5.32 Å². The molecule has 1 unspecified atom stereocenters. The van der Waals surface area contributed by atoms with Crippen LogP contribution < -0.4 is 5.32 Å². The first-order chi connectivity index (χ1) is 18.3. The van der Waals surface area contributed by atoms with E-state index in [4.69, 9.17) is 0 Å². The molecule has 2 heteroatoms. The SMILES string of the molecule is CCCCCCCCCCCCCNC(C)N(CCCCCCCCCC)CCCCCCCCCC. The van der Waals surface area contributed by atoms with E-state index in [0.717, 1.165) is 0 Å². The molecule has 0 aromatic carbocycles. The lowest BCUT2D eigenvalue weighted by molar-refractivity contribution is 0.170. The first-order valence-corrected chi connectivity index (χ1v) is 17.7. The highest BCUT2D eigenvalue weighted by molar-refractivity contribution is 4.67. The molecule has 0 aliphatic heterocycles. The number of nitrogens with one attached hydrogen (secondary N) is 1. The first-order valence-electron chi connectivity index (χ1n) is 17.7. The molecule has 0 saturated heterocycles. The Bertz CT molecular complexity index is 377. The largest absolute Gasteiger partial charge is 0.302 e. The van der Waals surface area contributed by atoms with Gasteiger partial charge in [-0.05, 0) is 45.8 Å². The minimum atomic E-state index is 0.539. The lowest BCUT2D eigenvalue weighted by Gasteiger charge is -2.30. The summed E-state index contributed by atoms with van der Waals surface area (Å²) >= 11 is 0. The third kappa shape index (κ3) is 28.7. The molecule has 0 bridgehead atoms. The maximum absolute atomic E-state index is 3.89. The second kappa shape index (κ2) is 32.1. The Morgan fingerprint density at radius 1 is 0.378 bits per heavy atom. The van der Waals surface area contributed by atoms with Crippen molar-refractivity contribution in [3.05, 3.63) is 0 Å². The van der Waals surface area contributed by atoms with Crippen molar-refractivity contribution >= 4 is 0 Å². The Morgan fingerprint density at radius 2 is 0.649 bits per heavy atom. The standard InChI is InChI=1S/C35H74N2/c1-5-8-11-14-17-20-21-22-23-26-29-32-36-35(4)37(33-30-27-24-18-15-12-9-6-2)34-31-28-25-19-16-13-10-7-3/h35-36H,5-34H2,1-4H3. The van der Waals surface area contributed by atoms with Gasteiger partial charge in [0.15, 0.2) is 0 Å². The average Bonchev–Trinajstić information content (AvgIpc) is 2.90. The van der Waals surface area contributed by atoms with Crippen LogP contribution in [0.3, 0.4) is 0 Å². The van der Waals surface area contributed by atoms with E-state index in [1.807, 2.05) is 0 Å². The Morgan fingerprint density at radius 3 is 0.973 bits per heavy atom. The molecule has 0 aromatic heterocycles. The van der Waals surface area contributed by atoms with Crippen LogP contribution in [0, 0.1) is 0 Å². The van der Waals surface area contributed by atoms with Crippen LogP contribution in [-0.4, -0.2) is 30.7 Å². The second-order valence-corrected chi connectivity index (χ2v) is 12.2. The van der Waals surface area contributed by atoms with Gasteiger partial charge >= 0.3 is 0 Å². The second-order valence-electron chi connectivity index (χ2n) is 12.2. The van der Waals surface area contributed by atoms with E-state index in [-0.39, 0.29) is 0 Å². The minimum Gasteiger partial charge on any atom is -0.302 e. The topological polar surface area (TPSA) is 15.3 Å². The molecule has 0 rings (SSSR count). The quantitative estimate of drug-likeness (QED) is 0.0698. The lowest BCUT2D eigenvalue weighted by Crippen LogP contribution is -2.45. The number of hydrogen-bond acceptors (Lipinski definition) is 2. The third-order valence-corrected chi connectivity index (χ3v) is 8.37. The average molecular weight is 523 g/mol. The van der Waals surface area contributed by atoms with Gasteiger partial charge in [0, 0.05) is 0 Å². The zero-order valence-electron chi connectivity index (χ0n) is 26.7. The molecule has 0 fully saturated rings. The summed E-state index contributed by atoms with van der Waals surface area (Å²) in [6.45, 7) is 13.1. The maximum Gasteiger partial charge on any atom is 0.0567 e. The fourth-order valence-electron chi connectivity index (χ4n) is 5.63. The molecule has 0 radical (unpaired) electrons. The zero-order valence-corrected chi connectivity index (χ0v) is 26.7. The number of hydrogen-bond donors (Lipinski definition) is 1. The zero-order chi connectivity index (χ0) is 27.1. The monoisotopic (exact) mass is 523 g/mol. The van der Waals surface area contributed by atoms with Crippen LogP contribution in [0.2, 0.25) is 0 Å². The van der Waals surface area contributed by atoms with E-state index in [1.165, 1.54) is 193 Å². The summed E-state index contributed by atoms with van der Waals surface area (Å²) in [6, 6.07) is 0. The lowest BCUT2D eigenvalue weighted by atomic mass is 10.1. The van der Waals surface area contributed by atoms with Crippen molar-refractivity contribution in [3.8, 4) is 0 Å². The molecule has 0 spiro atoms. The summed E-state index contributed by atoms with van der Waals surface area (Å²) < 4.78 is 0.